The second-order valence-electron chi connectivity index (χ2n) is 6.49. The summed E-state index contributed by atoms with van der Waals surface area (Å²) in [6.07, 6.45) is 3.22. The average molecular weight is 388 g/mol. The van der Waals surface area contributed by atoms with Crippen LogP contribution in [0.25, 0.3) is 0 Å². The Balaban J connectivity index is 0.00000312. The molecule has 0 radical (unpaired) electrons. The fourth-order valence-corrected chi connectivity index (χ4v) is 3.25. The van der Waals surface area contributed by atoms with E-state index in [9.17, 15) is 9.59 Å². The van der Waals surface area contributed by atoms with Gasteiger partial charge in [-0.05, 0) is 51.4 Å². The molecule has 1 aliphatic heterocycles. The molecule has 2 amide bonds. The molecular formula is C18H27Cl2N3O2. The lowest BCUT2D eigenvalue weighted by Crippen LogP contribution is -2.42. The second kappa shape index (κ2) is 10.00. The van der Waals surface area contributed by atoms with Crippen molar-refractivity contribution < 1.29 is 9.59 Å². The molecule has 1 heterocycles. The van der Waals surface area contributed by atoms with Crippen molar-refractivity contribution >= 4 is 41.5 Å². The normalized spacial score (nSPS) is 18.2. The standard InChI is InChI=1S/C18H26ClN3O2.ClH/c1-12(11-20-3)17(23)21-14-7-8-15(16(19)10-14)18(24)22-9-5-4-6-13(22)2;/h7-8,10,12-13,20H,4-6,9,11H2,1-3H3,(H,21,23);1H. The fourth-order valence-electron chi connectivity index (χ4n) is 2.99. The van der Waals surface area contributed by atoms with E-state index in [1.807, 2.05) is 18.9 Å². The molecule has 0 aromatic heterocycles. The Morgan fingerprint density at radius 3 is 2.68 bits per heavy atom. The minimum Gasteiger partial charge on any atom is -0.336 e. The molecule has 2 unspecified atom stereocenters. The SMILES string of the molecule is CNCC(C)C(=O)Nc1ccc(C(=O)N2CCCCC2C)c(Cl)c1.Cl. The molecule has 0 bridgehead atoms. The Hall–Kier alpha value is -1.30. The van der Waals surface area contributed by atoms with Gasteiger partial charge in [0.2, 0.25) is 5.91 Å². The number of halogens is 2. The molecule has 1 aliphatic rings. The lowest BCUT2D eigenvalue weighted by atomic mass is 10.0. The van der Waals surface area contributed by atoms with E-state index in [1.54, 1.807) is 18.2 Å². The van der Waals surface area contributed by atoms with Crippen LogP contribution in [-0.2, 0) is 4.79 Å². The van der Waals surface area contributed by atoms with E-state index in [0.29, 0.717) is 22.8 Å². The van der Waals surface area contributed by atoms with Gasteiger partial charge in [0.25, 0.3) is 5.91 Å². The van der Waals surface area contributed by atoms with Crippen LogP contribution in [0.4, 0.5) is 5.69 Å². The molecule has 1 aromatic carbocycles. The Bertz CT molecular complexity index is 610. The van der Waals surface area contributed by atoms with Crippen LogP contribution in [0.3, 0.4) is 0 Å². The summed E-state index contributed by atoms with van der Waals surface area (Å²) < 4.78 is 0. The maximum atomic E-state index is 12.7. The Morgan fingerprint density at radius 1 is 1.36 bits per heavy atom. The maximum absolute atomic E-state index is 12.7. The van der Waals surface area contributed by atoms with Gasteiger partial charge in [-0.3, -0.25) is 9.59 Å². The second-order valence-corrected chi connectivity index (χ2v) is 6.89. The molecule has 2 N–H and O–H groups in total. The van der Waals surface area contributed by atoms with E-state index >= 15 is 0 Å². The zero-order valence-corrected chi connectivity index (χ0v) is 16.5. The summed E-state index contributed by atoms with van der Waals surface area (Å²) in [4.78, 5) is 26.6. The summed E-state index contributed by atoms with van der Waals surface area (Å²) in [5.74, 6) is -0.262. The van der Waals surface area contributed by atoms with E-state index in [4.69, 9.17) is 11.6 Å². The first-order chi connectivity index (χ1) is 11.4. The third-order valence-electron chi connectivity index (χ3n) is 4.49. The van der Waals surface area contributed by atoms with Crippen LogP contribution < -0.4 is 10.6 Å². The van der Waals surface area contributed by atoms with Crippen molar-refractivity contribution in [3.63, 3.8) is 0 Å². The predicted octanol–water partition coefficient (Wildman–Crippen LogP) is 3.57. The van der Waals surface area contributed by atoms with Gasteiger partial charge in [0.05, 0.1) is 10.6 Å². The average Bonchev–Trinajstić information content (AvgIpc) is 2.55. The van der Waals surface area contributed by atoms with Crippen molar-refractivity contribution in [3.05, 3.63) is 28.8 Å². The molecule has 2 rings (SSSR count). The highest BCUT2D eigenvalue weighted by molar-refractivity contribution is 6.34. The van der Waals surface area contributed by atoms with Crippen molar-refractivity contribution in [1.82, 2.24) is 10.2 Å². The first-order valence-corrected chi connectivity index (χ1v) is 8.87. The molecular weight excluding hydrogens is 361 g/mol. The third-order valence-corrected chi connectivity index (χ3v) is 4.80. The number of hydrogen-bond donors (Lipinski definition) is 2. The minimum absolute atomic E-state index is 0. The van der Waals surface area contributed by atoms with Crippen LogP contribution in [0, 0.1) is 5.92 Å². The van der Waals surface area contributed by atoms with Crippen LogP contribution in [0.2, 0.25) is 5.02 Å². The summed E-state index contributed by atoms with van der Waals surface area (Å²) in [5.41, 5.74) is 1.10. The van der Waals surface area contributed by atoms with Gasteiger partial charge in [-0.1, -0.05) is 18.5 Å². The third kappa shape index (κ3) is 5.59. The summed E-state index contributed by atoms with van der Waals surface area (Å²) in [6, 6.07) is 5.32. The summed E-state index contributed by atoms with van der Waals surface area (Å²) in [6.45, 7) is 5.30. The largest absolute Gasteiger partial charge is 0.336 e. The number of carbonyl (C=O) groups is 2. The number of nitrogens with one attached hydrogen (secondary N) is 2. The van der Waals surface area contributed by atoms with Gasteiger partial charge in [0.15, 0.2) is 0 Å². The molecule has 1 saturated heterocycles. The monoisotopic (exact) mass is 387 g/mol. The Kier molecular flexibility index (Phi) is 8.69. The number of hydrogen-bond acceptors (Lipinski definition) is 3. The van der Waals surface area contributed by atoms with Crippen molar-refractivity contribution in [2.24, 2.45) is 5.92 Å². The van der Waals surface area contributed by atoms with Crippen LogP contribution >= 0.6 is 24.0 Å². The zero-order valence-electron chi connectivity index (χ0n) is 15.0. The van der Waals surface area contributed by atoms with Crippen molar-refractivity contribution in [1.29, 1.82) is 0 Å². The minimum atomic E-state index is -0.149. The summed E-state index contributed by atoms with van der Waals surface area (Å²) in [7, 11) is 1.81. The summed E-state index contributed by atoms with van der Waals surface area (Å²) >= 11 is 6.30. The molecule has 1 aromatic rings. The lowest BCUT2D eigenvalue weighted by Gasteiger charge is -2.33. The molecule has 2 atom stereocenters. The Labute approximate surface area is 160 Å². The van der Waals surface area contributed by atoms with Gasteiger partial charge < -0.3 is 15.5 Å². The fraction of sp³-hybridized carbons (Fsp3) is 0.556. The molecule has 7 heteroatoms. The van der Waals surface area contributed by atoms with Gasteiger partial charge in [-0.15, -0.1) is 12.4 Å². The molecule has 5 nitrogen and oxygen atoms in total. The van der Waals surface area contributed by atoms with Gasteiger partial charge in [-0.25, -0.2) is 0 Å². The molecule has 140 valence electrons. The first kappa shape index (κ1) is 21.7. The van der Waals surface area contributed by atoms with Gasteiger partial charge in [-0.2, -0.15) is 0 Å². The molecule has 0 saturated carbocycles. The van der Waals surface area contributed by atoms with E-state index < -0.39 is 0 Å². The van der Waals surface area contributed by atoms with Crippen LogP contribution in [0.1, 0.15) is 43.5 Å². The highest BCUT2D eigenvalue weighted by Gasteiger charge is 2.25. The zero-order chi connectivity index (χ0) is 17.7. The lowest BCUT2D eigenvalue weighted by molar-refractivity contribution is -0.119. The topological polar surface area (TPSA) is 61.4 Å². The highest BCUT2D eigenvalue weighted by Crippen LogP contribution is 2.26. The molecule has 0 spiro atoms. The van der Waals surface area contributed by atoms with E-state index in [0.717, 1.165) is 25.8 Å². The van der Waals surface area contributed by atoms with Crippen LogP contribution in [0.15, 0.2) is 18.2 Å². The van der Waals surface area contributed by atoms with E-state index in [-0.39, 0.29) is 36.2 Å². The number of nitrogens with zero attached hydrogens (tertiary/aromatic N) is 1. The van der Waals surface area contributed by atoms with Crippen LogP contribution in [0.5, 0.6) is 0 Å². The van der Waals surface area contributed by atoms with E-state index in [2.05, 4.69) is 17.6 Å². The molecule has 25 heavy (non-hydrogen) atoms. The van der Waals surface area contributed by atoms with Crippen LogP contribution in [-0.4, -0.2) is 42.9 Å². The number of carbonyl (C=O) groups excluding carboxylic acids is 2. The number of benzene rings is 1. The molecule has 0 aliphatic carbocycles. The Morgan fingerprint density at radius 2 is 2.08 bits per heavy atom. The van der Waals surface area contributed by atoms with E-state index in [1.165, 1.54) is 0 Å². The van der Waals surface area contributed by atoms with Gasteiger partial charge in [0.1, 0.15) is 0 Å². The number of rotatable bonds is 5. The summed E-state index contributed by atoms with van der Waals surface area (Å²) in [5, 5.41) is 6.18. The number of anilines is 1. The number of likely N-dealkylation sites (tertiary alicyclic amines) is 1. The van der Waals surface area contributed by atoms with Gasteiger partial charge >= 0.3 is 0 Å². The smallest absolute Gasteiger partial charge is 0.255 e. The maximum Gasteiger partial charge on any atom is 0.255 e. The quantitative estimate of drug-likeness (QED) is 0.811. The predicted molar refractivity (Wildman–Crippen MR) is 105 cm³/mol. The van der Waals surface area contributed by atoms with Gasteiger partial charge in [0, 0.05) is 30.7 Å². The first-order valence-electron chi connectivity index (χ1n) is 8.50. The van der Waals surface area contributed by atoms with Crippen molar-refractivity contribution in [2.75, 3.05) is 25.5 Å². The van der Waals surface area contributed by atoms with Crippen molar-refractivity contribution in [3.8, 4) is 0 Å². The number of amides is 2. The van der Waals surface area contributed by atoms with Crippen molar-refractivity contribution in [2.45, 2.75) is 39.2 Å². The molecule has 1 fully saturated rings. The highest BCUT2D eigenvalue weighted by atomic mass is 35.5. The number of piperidine rings is 1.